The molecule has 5 N–H and O–H groups in total. The molecule has 3 aliphatic carbocycles. The summed E-state index contributed by atoms with van der Waals surface area (Å²) in [5.74, 6) is 2.29. The lowest BCUT2D eigenvalue weighted by atomic mass is 9.74. The summed E-state index contributed by atoms with van der Waals surface area (Å²) in [4.78, 5) is 18.3. The molecule has 4 unspecified atom stereocenters. The maximum absolute atomic E-state index is 14.4. The molecule has 6 heteroatoms. The number of allylic oxidation sites excluding steroid dienone is 2. The number of benzene rings is 4. The first-order valence-corrected chi connectivity index (χ1v) is 17.2. The monoisotopic (exact) mass is 611 g/mol. The minimum absolute atomic E-state index is 0.0886. The maximum Gasteiger partial charge on any atom is 0.235 e. The van der Waals surface area contributed by atoms with Crippen LogP contribution in [0.2, 0.25) is 0 Å². The van der Waals surface area contributed by atoms with E-state index < -0.39 is 0 Å². The van der Waals surface area contributed by atoms with Gasteiger partial charge in [-0.05, 0) is 78.3 Å². The molecule has 0 bridgehead atoms. The van der Waals surface area contributed by atoms with Gasteiger partial charge < -0.3 is 21.1 Å². The molecule has 6 nitrogen and oxygen atoms in total. The standard InChI is InChI=1S/C40H42N4O2/c1-21-15-22(2)18-39(17-21)41-29-9-5-7-25-11-13-27(35(43-39)31(25)29)33-37(45)34(38(33)46)28-14-12-26-8-6-10-30-32(26)36(28)44-40(42-30)19-23(3)16-24(4)20-40/h5-14,21-24,41-43,45H,15-20H2,1-4H3/p+1/b34-28+. The van der Waals surface area contributed by atoms with Gasteiger partial charge in [0.2, 0.25) is 16.8 Å². The van der Waals surface area contributed by atoms with E-state index in [4.69, 9.17) is 0 Å². The van der Waals surface area contributed by atoms with Gasteiger partial charge in [-0.25, -0.2) is 4.99 Å². The Morgan fingerprint density at radius 3 is 1.98 bits per heavy atom. The van der Waals surface area contributed by atoms with Crippen LogP contribution in [0.25, 0.3) is 32.7 Å². The number of rotatable bonds is 1. The highest BCUT2D eigenvalue weighted by atomic mass is 16.3. The molecule has 2 aliphatic heterocycles. The van der Waals surface area contributed by atoms with Crippen molar-refractivity contribution in [3.05, 3.63) is 82.6 Å². The van der Waals surface area contributed by atoms with Crippen LogP contribution in [0.4, 0.5) is 17.1 Å². The molecule has 0 saturated heterocycles. The van der Waals surface area contributed by atoms with E-state index in [1.165, 1.54) is 12.8 Å². The first-order chi connectivity index (χ1) is 22.1. The number of aliphatic hydroxyl groups is 1. The molecule has 2 fully saturated rings. The first-order valence-electron chi connectivity index (χ1n) is 17.2. The third-order valence-corrected chi connectivity index (χ3v) is 11.4. The fourth-order valence-corrected chi connectivity index (χ4v) is 10.3. The minimum Gasteiger partial charge on any atom is -0.506 e. The second kappa shape index (κ2) is 9.60. The van der Waals surface area contributed by atoms with Crippen LogP contribution < -0.4 is 31.5 Å². The van der Waals surface area contributed by atoms with E-state index in [0.717, 1.165) is 80.4 Å². The Bertz CT molecular complexity index is 2140. The number of ketones is 1. The highest BCUT2D eigenvalue weighted by Crippen LogP contribution is 2.50. The van der Waals surface area contributed by atoms with Crippen LogP contribution in [0.3, 0.4) is 0 Å². The first kappa shape index (κ1) is 27.9. The van der Waals surface area contributed by atoms with Gasteiger partial charge in [-0.2, -0.15) is 0 Å². The summed E-state index contributed by atoms with van der Waals surface area (Å²) in [5, 5.41) is 29.7. The Morgan fingerprint density at radius 2 is 1.30 bits per heavy atom. The van der Waals surface area contributed by atoms with E-state index in [1.54, 1.807) is 0 Å². The van der Waals surface area contributed by atoms with E-state index >= 15 is 0 Å². The van der Waals surface area contributed by atoms with Crippen molar-refractivity contribution in [3.63, 3.8) is 0 Å². The molecule has 5 aliphatic rings. The van der Waals surface area contributed by atoms with Gasteiger partial charge in [-0.15, -0.1) is 0 Å². The maximum atomic E-state index is 14.4. The molecule has 4 atom stereocenters. The van der Waals surface area contributed by atoms with Crippen molar-refractivity contribution < 1.29 is 14.9 Å². The fraction of sp³-hybridized carbons (Fsp3) is 0.400. The summed E-state index contributed by atoms with van der Waals surface area (Å²) < 4.78 is 0. The molecule has 0 aromatic heterocycles. The van der Waals surface area contributed by atoms with Crippen LogP contribution in [-0.4, -0.2) is 22.2 Å². The molecule has 9 rings (SSSR count). The molecular formula is C40H43N4O2+. The van der Waals surface area contributed by atoms with E-state index in [2.05, 4.69) is 97.2 Å². The van der Waals surface area contributed by atoms with Gasteiger partial charge in [0.15, 0.2) is 0 Å². The van der Waals surface area contributed by atoms with Crippen molar-refractivity contribution in [2.24, 2.45) is 23.7 Å². The Balaban J connectivity index is 1.25. The summed E-state index contributed by atoms with van der Waals surface area (Å²) in [6.45, 7) is 9.32. The lowest BCUT2D eigenvalue weighted by Crippen LogP contribution is -2.96. The third-order valence-electron chi connectivity index (χ3n) is 11.4. The quantitative estimate of drug-likeness (QED) is 0.183. The number of nitrogens with one attached hydrogen (secondary N) is 4. The molecule has 2 spiro atoms. The number of hydrogen-bond donors (Lipinski definition) is 5. The second-order valence-electron chi connectivity index (χ2n) is 15.6. The topological polar surface area (TPSA) is 87.4 Å². The molecule has 4 aromatic rings. The lowest BCUT2D eigenvalue weighted by molar-refractivity contribution is -0.591. The molecule has 4 aromatic carbocycles. The number of carbonyl (C=O) groups excluding carboxylic acids is 1. The van der Waals surface area contributed by atoms with Crippen molar-refractivity contribution in [3.8, 4) is 0 Å². The van der Waals surface area contributed by atoms with Crippen LogP contribution in [0.5, 0.6) is 0 Å². The predicted molar refractivity (Wildman–Crippen MR) is 186 cm³/mol. The average molecular weight is 612 g/mol. The van der Waals surface area contributed by atoms with Gasteiger partial charge in [0.25, 0.3) is 0 Å². The predicted octanol–water partition coefficient (Wildman–Crippen LogP) is 5.96. The van der Waals surface area contributed by atoms with E-state index in [1.807, 2.05) is 12.1 Å². The van der Waals surface area contributed by atoms with Crippen LogP contribution in [-0.2, 0) is 4.79 Å². The number of carbonyl (C=O) groups is 1. The summed E-state index contributed by atoms with van der Waals surface area (Å²) >= 11 is 0. The number of anilines is 3. The van der Waals surface area contributed by atoms with Crippen molar-refractivity contribution in [2.75, 3.05) is 16.0 Å². The molecule has 234 valence electrons. The normalized spacial score (nSPS) is 32.6. The van der Waals surface area contributed by atoms with Crippen LogP contribution in [0.15, 0.2) is 66.4 Å². The van der Waals surface area contributed by atoms with Crippen molar-refractivity contribution in [1.29, 1.82) is 0 Å². The average Bonchev–Trinajstić information content (AvgIpc) is 2.98. The lowest BCUT2D eigenvalue weighted by Gasteiger charge is -2.48. The molecule has 0 amide bonds. The largest absolute Gasteiger partial charge is 0.506 e. The van der Waals surface area contributed by atoms with Crippen molar-refractivity contribution in [2.45, 2.75) is 77.5 Å². The minimum atomic E-state index is -0.289. The van der Waals surface area contributed by atoms with Crippen LogP contribution in [0.1, 0.15) is 71.8 Å². The van der Waals surface area contributed by atoms with Crippen LogP contribution in [0, 0.1) is 23.7 Å². The van der Waals surface area contributed by atoms with Gasteiger partial charge in [0.05, 0.1) is 33.1 Å². The molecule has 0 radical (unpaired) electrons. The number of Topliss-reactive ketones (excluding diaryl/α,β-unsaturated/α-hetero) is 1. The van der Waals surface area contributed by atoms with E-state index in [9.17, 15) is 9.90 Å². The number of aliphatic hydroxyl groups excluding tert-OH is 1. The van der Waals surface area contributed by atoms with Crippen molar-refractivity contribution >= 4 is 55.5 Å². The second-order valence-corrected chi connectivity index (χ2v) is 15.6. The van der Waals surface area contributed by atoms with Gasteiger partial charge in [0.1, 0.15) is 11.4 Å². The highest BCUT2D eigenvalue weighted by molar-refractivity contribution is 6.52. The highest BCUT2D eigenvalue weighted by Gasteiger charge is 2.46. The molecule has 2 heterocycles. The Morgan fingerprint density at radius 1 is 0.696 bits per heavy atom. The van der Waals surface area contributed by atoms with Crippen LogP contribution >= 0.6 is 0 Å². The Kier molecular flexibility index (Phi) is 5.83. The summed E-state index contributed by atoms with van der Waals surface area (Å²) in [6, 6.07) is 20.9. The number of hydrogen-bond acceptors (Lipinski definition) is 5. The SMILES string of the molecule is CC1CC(C)CC2(C1)Nc1cccc3ccc(C4=C(O)/C(=c5/ccc6cccc7c6c5=[NH+]C5(CC(C)CC(C)C5)N7)C4=O)c(c13)N2. The summed E-state index contributed by atoms with van der Waals surface area (Å²) in [6.07, 6.45) is 6.42. The van der Waals surface area contributed by atoms with Gasteiger partial charge in [-0.1, -0.05) is 70.2 Å². The molecule has 2 saturated carbocycles. The Hall–Kier alpha value is -4.32. The van der Waals surface area contributed by atoms with Crippen molar-refractivity contribution in [1.82, 2.24) is 0 Å². The molecule has 46 heavy (non-hydrogen) atoms. The zero-order chi connectivity index (χ0) is 31.5. The van der Waals surface area contributed by atoms with Gasteiger partial charge in [-0.3, -0.25) is 4.79 Å². The zero-order valence-corrected chi connectivity index (χ0v) is 27.2. The van der Waals surface area contributed by atoms with Gasteiger partial charge in [0, 0.05) is 29.5 Å². The smallest absolute Gasteiger partial charge is 0.235 e. The fourth-order valence-electron chi connectivity index (χ4n) is 10.3. The zero-order valence-electron chi connectivity index (χ0n) is 27.2. The third kappa shape index (κ3) is 4.01. The van der Waals surface area contributed by atoms with E-state index in [0.29, 0.717) is 34.8 Å². The summed E-state index contributed by atoms with van der Waals surface area (Å²) in [7, 11) is 0. The Labute approximate surface area is 269 Å². The van der Waals surface area contributed by atoms with Gasteiger partial charge >= 0.3 is 0 Å². The van der Waals surface area contributed by atoms with E-state index in [-0.39, 0.29) is 22.9 Å². The molecular weight excluding hydrogens is 568 g/mol. The summed E-state index contributed by atoms with van der Waals surface area (Å²) in [5.41, 5.74) is 4.17.